The molecular formula is C10H12ClN3O2. The number of rotatable bonds is 3. The lowest BCUT2D eigenvalue weighted by Crippen LogP contribution is -2.35. The minimum atomic E-state index is -1.11. The number of hydrogen-bond acceptors (Lipinski definition) is 3. The molecule has 1 aromatic carbocycles. The number of hydrogen-bond donors (Lipinski definition) is 3. The zero-order valence-electron chi connectivity index (χ0n) is 8.70. The van der Waals surface area contributed by atoms with Crippen LogP contribution in [0.1, 0.15) is 6.92 Å². The van der Waals surface area contributed by atoms with Gasteiger partial charge < -0.3 is 5.11 Å². The third kappa shape index (κ3) is 3.78. The number of nitrogens with zero attached hydrogens (tertiary/aromatic N) is 1. The molecule has 0 aliphatic carbocycles. The van der Waals surface area contributed by atoms with Crippen molar-refractivity contribution in [1.82, 2.24) is 5.43 Å². The Balaban J connectivity index is 2.59. The molecule has 3 N–H and O–H groups in total. The number of anilines is 1. The number of nitrogens with one attached hydrogen (secondary N) is 2. The average molecular weight is 242 g/mol. The summed E-state index contributed by atoms with van der Waals surface area (Å²) >= 11 is 5.71. The predicted octanol–water partition coefficient (Wildman–Crippen LogP) is 1.76. The molecule has 0 unspecified atom stereocenters. The van der Waals surface area contributed by atoms with E-state index < -0.39 is 5.97 Å². The number of aliphatic imine (C=N–C) groups is 1. The van der Waals surface area contributed by atoms with E-state index >= 15 is 0 Å². The maximum Gasteiger partial charge on any atom is 0.372 e. The molecule has 0 heterocycles. The molecule has 16 heavy (non-hydrogen) atoms. The zero-order chi connectivity index (χ0) is 12.0. The van der Waals surface area contributed by atoms with Crippen LogP contribution in [-0.2, 0) is 4.79 Å². The van der Waals surface area contributed by atoms with Crippen molar-refractivity contribution in [2.24, 2.45) is 4.99 Å². The molecule has 0 aliphatic heterocycles. The average Bonchev–Trinajstić information content (AvgIpc) is 2.26. The van der Waals surface area contributed by atoms with E-state index in [4.69, 9.17) is 16.7 Å². The van der Waals surface area contributed by atoms with Crippen molar-refractivity contribution in [3.05, 3.63) is 29.3 Å². The molecule has 0 bridgehead atoms. The third-order valence-corrected chi connectivity index (χ3v) is 1.94. The van der Waals surface area contributed by atoms with Crippen LogP contribution in [0.2, 0.25) is 5.02 Å². The van der Waals surface area contributed by atoms with Gasteiger partial charge in [0.15, 0.2) is 0 Å². The fourth-order valence-corrected chi connectivity index (χ4v) is 1.11. The second kappa shape index (κ2) is 5.97. The van der Waals surface area contributed by atoms with Gasteiger partial charge in [-0.1, -0.05) is 11.6 Å². The van der Waals surface area contributed by atoms with Crippen LogP contribution in [0.5, 0.6) is 0 Å². The number of carbonyl (C=O) groups is 1. The molecule has 0 saturated carbocycles. The second-order valence-corrected chi connectivity index (χ2v) is 3.32. The van der Waals surface area contributed by atoms with Crippen molar-refractivity contribution in [1.29, 1.82) is 0 Å². The molecule has 0 saturated heterocycles. The Kier molecular flexibility index (Phi) is 4.60. The number of hydrazine groups is 1. The Labute approximate surface area is 98.1 Å². The monoisotopic (exact) mass is 241 g/mol. The van der Waals surface area contributed by atoms with E-state index in [0.29, 0.717) is 17.3 Å². The van der Waals surface area contributed by atoms with E-state index in [1.807, 2.05) is 0 Å². The Morgan fingerprint density at radius 2 is 2.06 bits per heavy atom. The molecule has 86 valence electrons. The van der Waals surface area contributed by atoms with Crippen LogP contribution < -0.4 is 10.9 Å². The van der Waals surface area contributed by atoms with Crippen molar-refractivity contribution in [3.63, 3.8) is 0 Å². The van der Waals surface area contributed by atoms with Crippen molar-refractivity contribution >= 4 is 29.1 Å². The number of carboxylic acids is 1. The van der Waals surface area contributed by atoms with E-state index in [0.717, 1.165) is 0 Å². The minimum absolute atomic E-state index is 0.127. The number of benzene rings is 1. The molecule has 1 aromatic rings. The topological polar surface area (TPSA) is 73.7 Å². The van der Waals surface area contributed by atoms with Crippen LogP contribution in [0.3, 0.4) is 0 Å². The summed E-state index contributed by atoms with van der Waals surface area (Å²) in [6.07, 6.45) is 0. The predicted molar refractivity (Wildman–Crippen MR) is 63.8 cm³/mol. The van der Waals surface area contributed by atoms with Crippen molar-refractivity contribution in [2.45, 2.75) is 6.92 Å². The van der Waals surface area contributed by atoms with Gasteiger partial charge >= 0.3 is 5.97 Å². The Morgan fingerprint density at radius 3 is 2.56 bits per heavy atom. The summed E-state index contributed by atoms with van der Waals surface area (Å²) in [6, 6.07) is 6.84. The minimum Gasteiger partial charge on any atom is -0.475 e. The summed E-state index contributed by atoms with van der Waals surface area (Å²) in [5, 5.41) is 9.39. The van der Waals surface area contributed by atoms with Crippen LogP contribution in [0, 0.1) is 0 Å². The highest BCUT2D eigenvalue weighted by atomic mass is 35.5. The summed E-state index contributed by atoms with van der Waals surface area (Å²) in [5.74, 6) is -1.24. The molecule has 6 heteroatoms. The summed E-state index contributed by atoms with van der Waals surface area (Å²) < 4.78 is 0. The lowest BCUT2D eigenvalue weighted by molar-refractivity contribution is -0.129. The standard InChI is InChI=1S/C10H12ClN3O2/c1-2-12-9(10(15)16)14-13-8-5-3-7(11)4-6-8/h3-6,13H,2H2,1H3,(H,12,14)(H,15,16). The maximum atomic E-state index is 10.7. The molecular weight excluding hydrogens is 230 g/mol. The number of carboxylic acid groups (broad SMARTS) is 1. The van der Waals surface area contributed by atoms with E-state index in [2.05, 4.69) is 15.8 Å². The van der Waals surface area contributed by atoms with Gasteiger partial charge in [-0.05, 0) is 31.2 Å². The molecule has 0 spiro atoms. The Hall–Kier alpha value is -1.75. The van der Waals surface area contributed by atoms with Gasteiger partial charge in [0.05, 0.1) is 5.69 Å². The van der Waals surface area contributed by atoms with Gasteiger partial charge in [0, 0.05) is 11.6 Å². The van der Waals surface area contributed by atoms with Crippen LogP contribution in [0.4, 0.5) is 5.69 Å². The molecule has 0 aliphatic rings. The quantitative estimate of drug-likeness (QED) is 0.428. The summed E-state index contributed by atoms with van der Waals surface area (Å²) in [7, 11) is 0. The first-order valence-corrected chi connectivity index (χ1v) is 5.06. The van der Waals surface area contributed by atoms with Gasteiger partial charge in [0.25, 0.3) is 0 Å². The normalized spacial score (nSPS) is 11.0. The fourth-order valence-electron chi connectivity index (χ4n) is 0.983. The molecule has 0 radical (unpaired) electrons. The van der Waals surface area contributed by atoms with E-state index in [-0.39, 0.29) is 5.84 Å². The highest BCUT2D eigenvalue weighted by Gasteiger charge is 2.07. The number of aliphatic carboxylic acids is 1. The van der Waals surface area contributed by atoms with Gasteiger partial charge in [-0.2, -0.15) is 0 Å². The van der Waals surface area contributed by atoms with Crippen LogP contribution in [0.15, 0.2) is 29.3 Å². The summed E-state index contributed by atoms with van der Waals surface area (Å²) in [6.45, 7) is 2.16. The first kappa shape index (κ1) is 12.3. The molecule has 1 rings (SSSR count). The largest absolute Gasteiger partial charge is 0.475 e. The van der Waals surface area contributed by atoms with E-state index in [1.165, 1.54) is 0 Å². The lowest BCUT2D eigenvalue weighted by atomic mass is 10.3. The van der Waals surface area contributed by atoms with Gasteiger partial charge in [-0.25, -0.2) is 4.79 Å². The van der Waals surface area contributed by atoms with Gasteiger partial charge in [0.2, 0.25) is 5.84 Å². The molecule has 0 atom stereocenters. The van der Waals surface area contributed by atoms with Crippen LogP contribution in [-0.4, -0.2) is 23.5 Å². The smallest absolute Gasteiger partial charge is 0.372 e. The van der Waals surface area contributed by atoms with E-state index in [1.54, 1.807) is 31.2 Å². The first-order valence-electron chi connectivity index (χ1n) is 4.69. The van der Waals surface area contributed by atoms with E-state index in [9.17, 15) is 4.79 Å². The summed E-state index contributed by atoms with van der Waals surface area (Å²) in [5.41, 5.74) is 5.93. The molecule has 0 fully saturated rings. The third-order valence-electron chi connectivity index (χ3n) is 1.69. The highest BCUT2D eigenvalue weighted by molar-refractivity contribution is 6.34. The Morgan fingerprint density at radius 1 is 1.44 bits per heavy atom. The van der Waals surface area contributed by atoms with Crippen LogP contribution >= 0.6 is 11.6 Å². The van der Waals surface area contributed by atoms with Gasteiger partial charge in [-0.3, -0.25) is 15.8 Å². The maximum absolute atomic E-state index is 10.7. The highest BCUT2D eigenvalue weighted by Crippen LogP contribution is 2.12. The van der Waals surface area contributed by atoms with Gasteiger partial charge in [0.1, 0.15) is 0 Å². The Bertz CT molecular complexity index is 390. The van der Waals surface area contributed by atoms with Crippen molar-refractivity contribution < 1.29 is 9.90 Å². The van der Waals surface area contributed by atoms with Gasteiger partial charge in [-0.15, -0.1) is 0 Å². The molecule has 5 nitrogen and oxygen atoms in total. The molecule has 0 amide bonds. The first-order chi connectivity index (χ1) is 7.63. The van der Waals surface area contributed by atoms with Crippen LogP contribution in [0.25, 0.3) is 0 Å². The summed E-state index contributed by atoms with van der Waals surface area (Å²) in [4.78, 5) is 14.5. The SMILES string of the molecule is CCN=C(NNc1ccc(Cl)cc1)C(=O)O. The number of amidine groups is 1. The zero-order valence-corrected chi connectivity index (χ0v) is 9.45. The van der Waals surface area contributed by atoms with Crippen molar-refractivity contribution in [2.75, 3.05) is 12.0 Å². The molecule has 0 aromatic heterocycles. The fraction of sp³-hybridized carbons (Fsp3) is 0.200. The second-order valence-electron chi connectivity index (χ2n) is 2.88. The number of halogens is 1. The lowest BCUT2D eigenvalue weighted by Gasteiger charge is -2.08. The van der Waals surface area contributed by atoms with Crippen molar-refractivity contribution in [3.8, 4) is 0 Å².